The Hall–Kier alpha value is -6.78. The minimum Gasteiger partial charge on any atom is -0.493 e. The first-order valence-corrected chi connectivity index (χ1v) is 23.3. The molecule has 8 rings (SSSR count). The molecule has 0 radical (unpaired) electrons. The number of anilines is 2. The number of rotatable bonds is 20. The number of fused-ring (bicyclic) bond motifs is 4. The Morgan fingerprint density at radius 2 is 1.07 bits per heavy atom. The monoisotopic (exact) mass is 1000 g/mol. The van der Waals surface area contributed by atoms with E-state index in [9.17, 15) is 36.7 Å². The Bertz CT molecular complexity index is 3010. The molecule has 2 aliphatic rings. The van der Waals surface area contributed by atoms with E-state index in [1.165, 1.54) is 21.9 Å². The Balaban J connectivity index is 0.961. The number of ether oxygens (including phenoxy) is 6. The van der Waals surface area contributed by atoms with Crippen LogP contribution >= 0.6 is 23.2 Å². The van der Waals surface area contributed by atoms with Crippen molar-refractivity contribution in [3.05, 3.63) is 128 Å². The number of carbonyl (C=O) groups excluding carboxylic acids is 4. The zero-order valence-corrected chi connectivity index (χ0v) is 39.6. The predicted octanol–water partition coefficient (Wildman–Crippen LogP) is 11.5. The van der Waals surface area contributed by atoms with Crippen LogP contribution in [0.25, 0.3) is 21.5 Å². The predicted molar refractivity (Wildman–Crippen MR) is 256 cm³/mol. The van der Waals surface area contributed by atoms with Gasteiger partial charge in [-0.3, -0.25) is 19.2 Å². The molecule has 1 atom stereocenters. The van der Waals surface area contributed by atoms with Gasteiger partial charge >= 0.3 is 11.9 Å². The van der Waals surface area contributed by atoms with Gasteiger partial charge in [0.15, 0.2) is 0 Å². The van der Waals surface area contributed by atoms with Crippen molar-refractivity contribution in [1.29, 1.82) is 0 Å². The van der Waals surface area contributed by atoms with E-state index in [0.29, 0.717) is 61.0 Å². The lowest BCUT2D eigenvalue weighted by Crippen LogP contribution is -2.24. The smallest absolute Gasteiger partial charge is 0.313 e. The molecule has 0 N–H and O–H groups in total. The molecule has 0 spiro atoms. The highest BCUT2D eigenvalue weighted by Crippen LogP contribution is 2.49. The summed E-state index contributed by atoms with van der Waals surface area (Å²) in [7, 11) is 0. The van der Waals surface area contributed by atoms with Crippen molar-refractivity contribution in [1.82, 2.24) is 0 Å². The Morgan fingerprint density at radius 3 is 1.57 bits per heavy atom. The number of hydrogen-bond acceptors (Lipinski definition) is 10. The fourth-order valence-electron chi connectivity index (χ4n) is 8.95. The Labute approximate surface area is 409 Å². The minimum absolute atomic E-state index is 0.00254. The number of carbonyl (C=O) groups is 4. The van der Waals surface area contributed by atoms with Crippen molar-refractivity contribution < 1.29 is 65.2 Å². The van der Waals surface area contributed by atoms with Crippen LogP contribution in [0.3, 0.4) is 0 Å². The van der Waals surface area contributed by atoms with Crippen molar-refractivity contribution in [2.24, 2.45) is 0 Å². The maximum absolute atomic E-state index is 14.2. The van der Waals surface area contributed by atoms with Crippen molar-refractivity contribution in [3.8, 4) is 23.0 Å². The van der Waals surface area contributed by atoms with Crippen LogP contribution in [-0.2, 0) is 38.6 Å². The van der Waals surface area contributed by atoms with Gasteiger partial charge in [-0.05, 0) is 62.6 Å². The van der Waals surface area contributed by atoms with Crippen molar-refractivity contribution in [2.45, 2.75) is 65.5 Å². The summed E-state index contributed by atoms with van der Waals surface area (Å²) in [5.74, 6) is -2.30. The molecule has 2 amide bonds. The summed E-state index contributed by atoms with van der Waals surface area (Å²) in [6.07, 6.45) is -5.76. The number of alkyl halides is 4. The van der Waals surface area contributed by atoms with E-state index in [1.54, 1.807) is 93.6 Å². The van der Waals surface area contributed by atoms with Gasteiger partial charge in [0.05, 0.1) is 84.4 Å². The second-order valence-corrected chi connectivity index (χ2v) is 17.0. The summed E-state index contributed by atoms with van der Waals surface area (Å²) >= 11 is 13.6. The van der Waals surface area contributed by atoms with Gasteiger partial charge < -0.3 is 38.2 Å². The molecular weight excluding hydrogens is 959 g/mol. The number of hydrogen-bond donors (Lipinski definition) is 0. The third-order valence-corrected chi connectivity index (χ3v) is 12.4. The van der Waals surface area contributed by atoms with E-state index in [1.807, 2.05) is 0 Å². The van der Waals surface area contributed by atoms with Gasteiger partial charge in [-0.15, -0.1) is 0 Å². The molecule has 6 aromatic rings. The summed E-state index contributed by atoms with van der Waals surface area (Å²) < 4.78 is 87.8. The molecule has 0 aromatic heterocycles. The molecule has 70 heavy (non-hydrogen) atoms. The van der Waals surface area contributed by atoms with E-state index in [0.717, 1.165) is 0 Å². The average molecular weight is 1010 g/mol. The molecule has 1 unspecified atom stereocenters. The van der Waals surface area contributed by atoms with Crippen LogP contribution in [0, 0.1) is 0 Å². The van der Waals surface area contributed by atoms with E-state index < -0.39 is 55.7 Å². The summed E-state index contributed by atoms with van der Waals surface area (Å²) in [6, 6.07) is 23.3. The number of nitrogens with zero attached hydrogens (tertiary/aromatic N) is 2. The first-order valence-electron chi connectivity index (χ1n) is 22.5. The highest BCUT2D eigenvalue weighted by Gasteiger charge is 2.40. The molecule has 18 heteroatoms. The molecule has 2 aliphatic heterocycles. The van der Waals surface area contributed by atoms with Gasteiger partial charge in [-0.25, -0.2) is 17.6 Å². The number of halogens is 6. The second-order valence-electron chi connectivity index (χ2n) is 16.2. The first kappa shape index (κ1) is 49.6. The maximum atomic E-state index is 14.2. The first-order chi connectivity index (χ1) is 33.8. The number of benzene rings is 6. The average Bonchev–Trinajstić information content (AvgIpc) is 3.85. The molecule has 0 saturated heterocycles. The van der Waals surface area contributed by atoms with Gasteiger partial charge in [0.1, 0.15) is 36.2 Å². The van der Waals surface area contributed by atoms with Crippen molar-refractivity contribution in [3.63, 3.8) is 0 Å². The van der Waals surface area contributed by atoms with Gasteiger partial charge in [-0.2, -0.15) is 0 Å². The molecule has 366 valence electrons. The topological polar surface area (TPSA) is 130 Å². The molecule has 2 heterocycles. The number of esters is 2. The number of amides is 2. The van der Waals surface area contributed by atoms with Crippen LogP contribution in [0.1, 0.15) is 76.1 Å². The second kappa shape index (κ2) is 21.5. The van der Waals surface area contributed by atoms with Crippen molar-refractivity contribution >= 4 is 79.9 Å². The molecule has 6 aromatic carbocycles. The summed E-state index contributed by atoms with van der Waals surface area (Å²) in [5.41, 5.74) is 2.56. The largest absolute Gasteiger partial charge is 0.493 e. The standard InChI is InChI=1S/C52H46Cl2F4N2O10/c1-4-65-46-31-11-7-10-14-34(31)49(70-27-42(57)58)45-35(46)24-59(51(45)63)39-17-15-28(21-37(39)53)22-43(61)68-20-19-30(52(64)67-6-3)29-16-18-40(38(54)23-29)60-25-36-44(50(60)62)48(66-5-2)33-13-9-8-12-32(33)47(36)69-26-41(55)56/h7-18,21,23,30,41-42H,4-6,19-20,22,24-27H2,1-3H3. The molecule has 12 nitrogen and oxygen atoms in total. The summed E-state index contributed by atoms with van der Waals surface area (Å²) in [5, 5.41) is 2.32. The van der Waals surface area contributed by atoms with E-state index >= 15 is 0 Å². The Kier molecular flexibility index (Phi) is 15.2. The fourth-order valence-corrected chi connectivity index (χ4v) is 9.54. The van der Waals surface area contributed by atoms with Gasteiger partial charge in [0.2, 0.25) is 0 Å². The maximum Gasteiger partial charge on any atom is 0.313 e. The van der Waals surface area contributed by atoms with Crippen LogP contribution in [-0.4, -0.2) is 76.2 Å². The molecule has 0 fully saturated rings. The molecular formula is C52H46Cl2F4N2O10. The SMILES string of the molecule is CCOC(=O)C(CCOC(=O)Cc1ccc(N2Cc3c(c(OCC(F)F)c4ccccc4c3OCC)C2=O)c(Cl)c1)c1ccc(N2Cc3c(c(OCC)c4ccccc4c3OCC(F)F)C2=O)c(Cl)c1. The van der Waals surface area contributed by atoms with Gasteiger partial charge in [-0.1, -0.05) is 83.9 Å². The highest BCUT2D eigenvalue weighted by atomic mass is 35.5. The zero-order valence-electron chi connectivity index (χ0n) is 38.1. The normalized spacial score (nSPS) is 13.6. The van der Waals surface area contributed by atoms with Crippen LogP contribution < -0.4 is 28.7 Å². The van der Waals surface area contributed by atoms with Crippen LogP contribution in [0.2, 0.25) is 10.0 Å². The zero-order chi connectivity index (χ0) is 49.8. The van der Waals surface area contributed by atoms with Gasteiger partial charge in [0.25, 0.3) is 24.7 Å². The fraction of sp³-hybridized carbons (Fsp3) is 0.308. The summed E-state index contributed by atoms with van der Waals surface area (Å²) in [6.45, 7) is 3.72. The van der Waals surface area contributed by atoms with Crippen LogP contribution in [0.5, 0.6) is 23.0 Å². The van der Waals surface area contributed by atoms with Crippen molar-refractivity contribution in [2.75, 3.05) is 49.4 Å². The molecule has 0 aliphatic carbocycles. The van der Waals surface area contributed by atoms with Crippen LogP contribution in [0.15, 0.2) is 84.9 Å². The Morgan fingerprint density at radius 1 is 0.600 bits per heavy atom. The van der Waals surface area contributed by atoms with E-state index in [-0.39, 0.29) is 90.7 Å². The third-order valence-electron chi connectivity index (χ3n) is 11.8. The van der Waals surface area contributed by atoms with Gasteiger partial charge in [0, 0.05) is 32.7 Å². The lowest BCUT2D eigenvalue weighted by atomic mass is 9.95. The lowest BCUT2D eigenvalue weighted by Gasteiger charge is -2.21. The quantitative estimate of drug-likeness (QED) is 0.0538. The third kappa shape index (κ3) is 9.84. The van der Waals surface area contributed by atoms with Crippen LogP contribution in [0.4, 0.5) is 28.9 Å². The van der Waals surface area contributed by atoms with E-state index in [4.69, 9.17) is 51.6 Å². The lowest BCUT2D eigenvalue weighted by molar-refractivity contribution is -0.148. The van der Waals surface area contributed by atoms with E-state index in [2.05, 4.69) is 0 Å². The molecule has 0 saturated carbocycles. The molecule has 0 bridgehead atoms. The summed E-state index contributed by atoms with van der Waals surface area (Å²) in [4.78, 5) is 57.6. The highest BCUT2D eigenvalue weighted by molar-refractivity contribution is 6.35. The minimum atomic E-state index is -2.78.